The monoisotopic (exact) mass is 437 g/mol. The molecule has 29 heavy (non-hydrogen) atoms. The molecule has 0 aromatic heterocycles. The fraction of sp³-hybridized carbons (Fsp3) is 0.381. The van der Waals surface area contributed by atoms with Crippen molar-refractivity contribution >= 4 is 33.2 Å². The second-order valence-corrected chi connectivity index (χ2v) is 9.17. The molecule has 2 aromatic rings. The van der Waals surface area contributed by atoms with Crippen LogP contribution in [0.1, 0.15) is 31.1 Å². The lowest BCUT2D eigenvalue weighted by molar-refractivity contribution is 0.0937. The minimum atomic E-state index is -3.83. The van der Waals surface area contributed by atoms with Crippen molar-refractivity contribution in [2.75, 3.05) is 31.0 Å². The molecule has 0 aliphatic carbocycles. The lowest BCUT2D eigenvalue weighted by atomic mass is 10.2. The molecule has 0 heterocycles. The number of hydrogen-bond acceptors (Lipinski definition) is 4. The molecule has 6 nitrogen and oxygen atoms in total. The van der Waals surface area contributed by atoms with Crippen LogP contribution in [0, 0.1) is 0 Å². The summed E-state index contributed by atoms with van der Waals surface area (Å²) in [5.74, 6) is -0.300. The summed E-state index contributed by atoms with van der Waals surface area (Å²) in [6.07, 6.45) is 0. The molecule has 1 amide bonds. The van der Waals surface area contributed by atoms with Crippen molar-refractivity contribution in [1.29, 1.82) is 0 Å². The Bertz CT molecular complexity index is 946. The number of carbonyl (C=O) groups is 1. The molecular weight excluding hydrogens is 410 g/mol. The number of nitrogens with one attached hydrogen (secondary N) is 1. The van der Waals surface area contributed by atoms with E-state index >= 15 is 0 Å². The summed E-state index contributed by atoms with van der Waals surface area (Å²) in [5.41, 5.74) is 0.748. The molecule has 1 atom stereocenters. The van der Waals surface area contributed by atoms with Gasteiger partial charge >= 0.3 is 0 Å². The fourth-order valence-corrected chi connectivity index (χ4v) is 4.50. The van der Waals surface area contributed by atoms with Crippen molar-refractivity contribution in [2.45, 2.75) is 31.7 Å². The molecule has 0 aliphatic heterocycles. The summed E-state index contributed by atoms with van der Waals surface area (Å²) in [6.45, 7) is 8.49. The summed E-state index contributed by atoms with van der Waals surface area (Å²) in [6, 6.07) is 12.8. The topological polar surface area (TPSA) is 69.7 Å². The molecule has 2 rings (SSSR count). The predicted octanol–water partition coefficient (Wildman–Crippen LogP) is 3.63. The Balaban J connectivity index is 2.18. The van der Waals surface area contributed by atoms with E-state index in [1.165, 1.54) is 19.2 Å². The third-order valence-corrected chi connectivity index (χ3v) is 6.94. The van der Waals surface area contributed by atoms with E-state index in [4.69, 9.17) is 11.6 Å². The van der Waals surface area contributed by atoms with Crippen LogP contribution in [0.5, 0.6) is 0 Å². The van der Waals surface area contributed by atoms with E-state index in [2.05, 4.69) is 24.1 Å². The van der Waals surface area contributed by atoms with Gasteiger partial charge in [-0.25, -0.2) is 8.42 Å². The Labute approximate surface area is 178 Å². The van der Waals surface area contributed by atoms with E-state index in [-0.39, 0.29) is 16.8 Å². The van der Waals surface area contributed by atoms with Crippen molar-refractivity contribution in [3.8, 4) is 0 Å². The number of anilines is 1. The first-order valence-electron chi connectivity index (χ1n) is 9.57. The minimum absolute atomic E-state index is 0.0458. The first-order valence-corrected chi connectivity index (χ1v) is 11.4. The number of benzene rings is 2. The van der Waals surface area contributed by atoms with E-state index in [1.807, 2.05) is 6.92 Å². The van der Waals surface area contributed by atoms with Gasteiger partial charge in [-0.1, -0.05) is 37.6 Å². The van der Waals surface area contributed by atoms with Gasteiger partial charge in [0, 0.05) is 30.2 Å². The highest BCUT2D eigenvalue weighted by molar-refractivity contribution is 7.92. The van der Waals surface area contributed by atoms with Crippen LogP contribution in [0.15, 0.2) is 53.4 Å². The molecule has 158 valence electrons. The zero-order valence-electron chi connectivity index (χ0n) is 17.2. The Kier molecular flexibility index (Phi) is 8.07. The van der Waals surface area contributed by atoms with Crippen LogP contribution >= 0.6 is 11.6 Å². The summed E-state index contributed by atoms with van der Waals surface area (Å²) >= 11 is 5.98. The molecule has 2 aromatic carbocycles. The van der Waals surface area contributed by atoms with Crippen molar-refractivity contribution < 1.29 is 13.2 Å². The number of sulfonamides is 1. The maximum Gasteiger partial charge on any atom is 0.264 e. The lowest BCUT2D eigenvalue weighted by Crippen LogP contribution is -2.42. The van der Waals surface area contributed by atoms with Crippen LogP contribution < -0.4 is 9.62 Å². The van der Waals surface area contributed by atoms with Crippen LogP contribution in [0.4, 0.5) is 5.69 Å². The highest BCUT2D eigenvalue weighted by Gasteiger charge is 2.23. The SMILES string of the molecule is CCN(CC)C(C)CNC(=O)c1cccc(S(=O)(=O)N(C)c2cccc(Cl)c2)c1. The largest absolute Gasteiger partial charge is 0.350 e. The van der Waals surface area contributed by atoms with E-state index in [0.717, 1.165) is 17.4 Å². The molecule has 0 spiro atoms. The number of likely N-dealkylation sites (N-methyl/N-ethyl adjacent to an activating group) is 1. The average molecular weight is 438 g/mol. The number of carbonyl (C=O) groups excluding carboxylic acids is 1. The number of hydrogen-bond donors (Lipinski definition) is 1. The Hall–Kier alpha value is -2.09. The summed E-state index contributed by atoms with van der Waals surface area (Å²) < 4.78 is 27.1. The molecule has 8 heteroatoms. The molecular formula is C21H28ClN3O3S. The van der Waals surface area contributed by atoms with Crippen LogP contribution in [-0.4, -0.2) is 51.9 Å². The normalized spacial score (nSPS) is 12.6. The standard InChI is InChI=1S/C21H28ClN3O3S/c1-5-25(6-2)16(3)15-23-21(26)17-9-7-12-20(13-17)29(27,28)24(4)19-11-8-10-18(22)14-19/h7-14,16H,5-6,15H2,1-4H3,(H,23,26). The Morgan fingerprint density at radius 2 is 1.76 bits per heavy atom. The molecule has 0 bridgehead atoms. The molecule has 0 fully saturated rings. The van der Waals surface area contributed by atoms with E-state index in [1.54, 1.807) is 36.4 Å². The highest BCUT2D eigenvalue weighted by atomic mass is 35.5. The van der Waals surface area contributed by atoms with Crippen LogP contribution in [0.2, 0.25) is 5.02 Å². The summed E-state index contributed by atoms with van der Waals surface area (Å²) in [7, 11) is -2.37. The van der Waals surface area contributed by atoms with Gasteiger partial charge in [0.1, 0.15) is 0 Å². The van der Waals surface area contributed by atoms with E-state index in [0.29, 0.717) is 22.8 Å². The van der Waals surface area contributed by atoms with Gasteiger partial charge in [0.25, 0.3) is 15.9 Å². The smallest absolute Gasteiger partial charge is 0.264 e. The molecule has 0 saturated carbocycles. The van der Waals surface area contributed by atoms with Crippen molar-refractivity contribution in [2.24, 2.45) is 0 Å². The Morgan fingerprint density at radius 1 is 1.10 bits per heavy atom. The molecule has 0 saturated heterocycles. The van der Waals surface area contributed by atoms with Gasteiger partial charge in [-0.3, -0.25) is 14.0 Å². The molecule has 0 radical (unpaired) electrons. The van der Waals surface area contributed by atoms with Crippen molar-refractivity contribution in [3.05, 3.63) is 59.1 Å². The quantitative estimate of drug-likeness (QED) is 0.650. The third-order valence-electron chi connectivity index (χ3n) is 4.92. The maximum atomic E-state index is 13.0. The second kappa shape index (κ2) is 10.1. The van der Waals surface area contributed by atoms with Crippen LogP contribution in [-0.2, 0) is 10.0 Å². The van der Waals surface area contributed by atoms with E-state index in [9.17, 15) is 13.2 Å². The number of amides is 1. The number of nitrogens with zero attached hydrogens (tertiary/aromatic N) is 2. The second-order valence-electron chi connectivity index (χ2n) is 6.76. The Morgan fingerprint density at radius 3 is 2.38 bits per heavy atom. The van der Waals surface area contributed by atoms with Gasteiger partial charge < -0.3 is 5.32 Å². The van der Waals surface area contributed by atoms with Crippen molar-refractivity contribution in [1.82, 2.24) is 10.2 Å². The fourth-order valence-electron chi connectivity index (χ4n) is 3.09. The number of halogens is 1. The van der Waals surface area contributed by atoms with Gasteiger partial charge in [-0.2, -0.15) is 0 Å². The van der Waals surface area contributed by atoms with Gasteiger partial charge in [0.15, 0.2) is 0 Å². The zero-order valence-corrected chi connectivity index (χ0v) is 18.8. The van der Waals surface area contributed by atoms with Crippen LogP contribution in [0.3, 0.4) is 0 Å². The average Bonchev–Trinajstić information content (AvgIpc) is 2.72. The molecule has 1 N–H and O–H groups in total. The van der Waals surface area contributed by atoms with Gasteiger partial charge in [-0.15, -0.1) is 0 Å². The number of rotatable bonds is 9. The maximum absolute atomic E-state index is 13.0. The minimum Gasteiger partial charge on any atom is -0.350 e. The van der Waals surface area contributed by atoms with Gasteiger partial charge in [-0.05, 0) is 56.4 Å². The first-order chi connectivity index (χ1) is 13.7. The lowest BCUT2D eigenvalue weighted by Gasteiger charge is -2.26. The van der Waals surface area contributed by atoms with Gasteiger partial charge in [0.2, 0.25) is 0 Å². The summed E-state index contributed by atoms with van der Waals surface area (Å²) in [4.78, 5) is 14.8. The molecule has 0 aliphatic rings. The molecule has 1 unspecified atom stereocenters. The first kappa shape index (κ1) is 23.2. The predicted molar refractivity (Wildman–Crippen MR) is 118 cm³/mol. The highest BCUT2D eigenvalue weighted by Crippen LogP contribution is 2.25. The van der Waals surface area contributed by atoms with Crippen LogP contribution in [0.25, 0.3) is 0 Å². The summed E-state index contributed by atoms with van der Waals surface area (Å²) in [5, 5.41) is 3.33. The zero-order chi connectivity index (χ0) is 21.6. The van der Waals surface area contributed by atoms with E-state index < -0.39 is 10.0 Å². The van der Waals surface area contributed by atoms with Gasteiger partial charge in [0.05, 0.1) is 10.6 Å². The van der Waals surface area contributed by atoms with Crippen molar-refractivity contribution in [3.63, 3.8) is 0 Å². The third kappa shape index (κ3) is 5.72.